The first-order chi connectivity index (χ1) is 5.61. The molecule has 1 N–H and O–H groups in total. The van der Waals surface area contributed by atoms with E-state index in [1.54, 1.807) is 4.90 Å². The summed E-state index contributed by atoms with van der Waals surface area (Å²) in [6.45, 7) is 4.79. The average Bonchev–Trinajstić information content (AvgIpc) is 2.04. The van der Waals surface area contributed by atoms with Crippen LogP contribution in [0.25, 0.3) is 0 Å². The van der Waals surface area contributed by atoms with E-state index in [9.17, 15) is 4.79 Å². The van der Waals surface area contributed by atoms with E-state index in [4.69, 9.17) is 5.11 Å². The van der Waals surface area contributed by atoms with Gasteiger partial charge < -0.3 is 14.9 Å². The number of carbonyl (C=O) groups is 1. The number of hydrogen-bond donors (Lipinski definition) is 1. The number of nitrogens with zero attached hydrogens (tertiary/aromatic N) is 2. The molecule has 1 rings (SSSR count). The molecule has 4 heteroatoms. The summed E-state index contributed by atoms with van der Waals surface area (Å²) in [5.41, 5.74) is 0. The van der Waals surface area contributed by atoms with Crippen LogP contribution in [0.3, 0.4) is 0 Å². The highest BCUT2D eigenvalue weighted by Gasteiger charge is 2.21. The lowest BCUT2D eigenvalue weighted by molar-refractivity contribution is -0.140. The molecule has 1 fully saturated rings. The lowest BCUT2D eigenvalue weighted by Gasteiger charge is -2.33. The molecular weight excluding hydrogens is 156 g/mol. The highest BCUT2D eigenvalue weighted by molar-refractivity contribution is 5.80. The monoisotopic (exact) mass is 172 g/mol. The Balaban J connectivity index is 2.39. The van der Waals surface area contributed by atoms with Crippen LogP contribution in [-0.2, 0) is 4.79 Å². The summed E-state index contributed by atoms with van der Waals surface area (Å²) in [4.78, 5) is 15.1. The summed E-state index contributed by atoms with van der Waals surface area (Å²) in [6, 6.07) is 0. The molecule has 1 heterocycles. The van der Waals surface area contributed by atoms with Gasteiger partial charge in [0.15, 0.2) is 0 Å². The Labute approximate surface area is 72.8 Å². The molecule has 70 valence electrons. The lowest BCUT2D eigenvalue weighted by atomic mass is 10.3. The third-order valence-electron chi connectivity index (χ3n) is 2.17. The summed E-state index contributed by atoms with van der Waals surface area (Å²) in [5, 5.41) is 9.03. The summed E-state index contributed by atoms with van der Waals surface area (Å²) < 4.78 is 0. The van der Waals surface area contributed by atoms with E-state index in [0.29, 0.717) is 0 Å². The number of carbonyl (C=O) groups excluding carboxylic acids is 1. The molecule has 1 aliphatic heterocycles. The Morgan fingerprint density at radius 1 is 1.33 bits per heavy atom. The van der Waals surface area contributed by atoms with Crippen molar-refractivity contribution in [1.82, 2.24) is 9.80 Å². The van der Waals surface area contributed by atoms with Crippen molar-refractivity contribution in [3.8, 4) is 0 Å². The third kappa shape index (κ3) is 2.19. The Hall–Kier alpha value is -0.610. The zero-order valence-corrected chi connectivity index (χ0v) is 7.66. The number of amides is 1. The second kappa shape index (κ2) is 3.87. The second-order valence-electron chi connectivity index (χ2n) is 3.30. The molecule has 0 radical (unpaired) electrons. The standard InChI is InChI=1S/C8H16N2O2/c1-7(11)8(12)10-5-3-9(2)4-6-10/h7,11H,3-6H2,1-2H3/t7-/m0/s1. The number of aliphatic hydroxyl groups excluding tert-OH is 1. The first-order valence-electron chi connectivity index (χ1n) is 4.26. The van der Waals surface area contributed by atoms with E-state index >= 15 is 0 Å². The minimum absolute atomic E-state index is 0.150. The smallest absolute Gasteiger partial charge is 0.251 e. The molecule has 4 nitrogen and oxygen atoms in total. The Morgan fingerprint density at radius 2 is 1.83 bits per heavy atom. The molecule has 1 aliphatic rings. The van der Waals surface area contributed by atoms with Gasteiger partial charge >= 0.3 is 0 Å². The molecule has 0 bridgehead atoms. The molecule has 1 atom stereocenters. The van der Waals surface area contributed by atoms with E-state index in [1.165, 1.54) is 6.92 Å². The summed E-state index contributed by atoms with van der Waals surface area (Å²) in [7, 11) is 2.03. The molecule has 12 heavy (non-hydrogen) atoms. The topological polar surface area (TPSA) is 43.8 Å². The molecular formula is C8H16N2O2. The van der Waals surface area contributed by atoms with Gasteiger partial charge in [0.1, 0.15) is 6.10 Å². The van der Waals surface area contributed by atoms with Crippen LogP contribution < -0.4 is 0 Å². The lowest BCUT2D eigenvalue weighted by Crippen LogP contribution is -2.49. The van der Waals surface area contributed by atoms with Gasteiger partial charge in [-0.2, -0.15) is 0 Å². The second-order valence-corrected chi connectivity index (χ2v) is 3.30. The van der Waals surface area contributed by atoms with Crippen LogP contribution in [-0.4, -0.2) is 60.1 Å². The Kier molecular flexibility index (Phi) is 3.05. The van der Waals surface area contributed by atoms with Crippen molar-refractivity contribution in [2.45, 2.75) is 13.0 Å². The largest absolute Gasteiger partial charge is 0.384 e. The Bertz CT molecular complexity index is 162. The Morgan fingerprint density at radius 3 is 2.25 bits per heavy atom. The molecule has 0 spiro atoms. The fourth-order valence-electron chi connectivity index (χ4n) is 1.29. The van der Waals surface area contributed by atoms with Gasteiger partial charge in [-0.15, -0.1) is 0 Å². The number of piperazine rings is 1. The quantitative estimate of drug-likeness (QED) is 0.560. The summed E-state index contributed by atoms with van der Waals surface area (Å²) in [5.74, 6) is -0.150. The number of hydrogen-bond acceptors (Lipinski definition) is 3. The molecule has 1 amide bonds. The summed E-state index contributed by atoms with van der Waals surface area (Å²) >= 11 is 0. The fourth-order valence-corrected chi connectivity index (χ4v) is 1.29. The van der Waals surface area contributed by atoms with Gasteiger partial charge in [-0.05, 0) is 14.0 Å². The van der Waals surface area contributed by atoms with Crippen molar-refractivity contribution < 1.29 is 9.90 Å². The molecule has 0 saturated carbocycles. The molecule has 0 aromatic carbocycles. The van der Waals surface area contributed by atoms with Gasteiger partial charge in [0.25, 0.3) is 5.91 Å². The van der Waals surface area contributed by atoms with E-state index in [0.717, 1.165) is 26.2 Å². The van der Waals surface area contributed by atoms with E-state index in [2.05, 4.69) is 4.90 Å². The average molecular weight is 172 g/mol. The predicted molar refractivity (Wildman–Crippen MR) is 45.8 cm³/mol. The van der Waals surface area contributed by atoms with Gasteiger partial charge in [-0.25, -0.2) is 0 Å². The van der Waals surface area contributed by atoms with Gasteiger partial charge in [0.05, 0.1) is 0 Å². The van der Waals surface area contributed by atoms with E-state index < -0.39 is 6.10 Å². The highest BCUT2D eigenvalue weighted by Crippen LogP contribution is 2.01. The van der Waals surface area contributed by atoms with Crippen LogP contribution in [0, 0.1) is 0 Å². The van der Waals surface area contributed by atoms with Gasteiger partial charge in [-0.3, -0.25) is 4.79 Å². The first-order valence-corrected chi connectivity index (χ1v) is 4.26. The van der Waals surface area contributed by atoms with E-state index in [-0.39, 0.29) is 5.91 Å². The van der Waals surface area contributed by atoms with Crippen LogP contribution in [0.4, 0.5) is 0 Å². The summed E-state index contributed by atoms with van der Waals surface area (Å²) in [6.07, 6.45) is -0.853. The minimum Gasteiger partial charge on any atom is -0.384 e. The van der Waals surface area contributed by atoms with Crippen LogP contribution in [0.5, 0.6) is 0 Å². The van der Waals surface area contributed by atoms with Crippen molar-refractivity contribution in [3.63, 3.8) is 0 Å². The van der Waals surface area contributed by atoms with Crippen molar-refractivity contribution in [1.29, 1.82) is 0 Å². The molecule has 0 aromatic rings. The van der Waals surface area contributed by atoms with Crippen molar-refractivity contribution >= 4 is 5.91 Å². The molecule has 0 unspecified atom stereocenters. The van der Waals surface area contributed by atoms with Crippen molar-refractivity contribution in [2.75, 3.05) is 33.2 Å². The number of aliphatic hydroxyl groups is 1. The maximum Gasteiger partial charge on any atom is 0.251 e. The first kappa shape index (κ1) is 9.48. The zero-order chi connectivity index (χ0) is 9.14. The third-order valence-corrected chi connectivity index (χ3v) is 2.17. The van der Waals surface area contributed by atoms with Gasteiger partial charge in [0.2, 0.25) is 0 Å². The molecule has 0 aliphatic carbocycles. The van der Waals surface area contributed by atoms with Crippen molar-refractivity contribution in [2.24, 2.45) is 0 Å². The zero-order valence-electron chi connectivity index (χ0n) is 7.66. The molecule has 1 saturated heterocycles. The van der Waals surface area contributed by atoms with Crippen LogP contribution in [0.1, 0.15) is 6.92 Å². The van der Waals surface area contributed by atoms with Crippen LogP contribution in [0.15, 0.2) is 0 Å². The van der Waals surface area contributed by atoms with Crippen molar-refractivity contribution in [3.05, 3.63) is 0 Å². The highest BCUT2D eigenvalue weighted by atomic mass is 16.3. The normalized spacial score (nSPS) is 22.4. The predicted octanol–water partition coefficient (Wildman–Crippen LogP) is -0.859. The van der Waals surface area contributed by atoms with Gasteiger partial charge in [0, 0.05) is 26.2 Å². The number of likely N-dealkylation sites (N-methyl/N-ethyl adjacent to an activating group) is 1. The number of rotatable bonds is 1. The molecule has 0 aromatic heterocycles. The van der Waals surface area contributed by atoms with Crippen LogP contribution >= 0.6 is 0 Å². The fraction of sp³-hybridized carbons (Fsp3) is 0.875. The van der Waals surface area contributed by atoms with E-state index in [1.807, 2.05) is 7.05 Å². The maximum atomic E-state index is 11.3. The SMILES string of the molecule is C[C@H](O)C(=O)N1CCN(C)CC1. The maximum absolute atomic E-state index is 11.3. The minimum atomic E-state index is -0.853. The van der Waals surface area contributed by atoms with Crippen LogP contribution in [0.2, 0.25) is 0 Å². The van der Waals surface area contributed by atoms with Gasteiger partial charge in [-0.1, -0.05) is 0 Å².